The molecule has 62 valence electrons. The van der Waals surface area contributed by atoms with Crippen LogP contribution in [0, 0.1) is 0 Å². The van der Waals surface area contributed by atoms with Crippen molar-refractivity contribution in [1.29, 1.82) is 0 Å². The van der Waals surface area contributed by atoms with Crippen LogP contribution in [0.15, 0.2) is 36.3 Å². The Balaban J connectivity index is 3.98. The predicted molar refractivity (Wildman–Crippen MR) is 47.9 cm³/mol. The Labute approximate surface area is 68.0 Å². The summed E-state index contributed by atoms with van der Waals surface area (Å²) in [5, 5.41) is 0. The van der Waals surface area contributed by atoms with Crippen molar-refractivity contribution >= 4 is 0 Å². The smallest absolute Gasteiger partial charge is 0.115 e. The van der Waals surface area contributed by atoms with Crippen LogP contribution in [0.2, 0.25) is 0 Å². The Morgan fingerprint density at radius 3 is 2.55 bits per heavy atom. The van der Waals surface area contributed by atoms with Gasteiger partial charge < -0.3 is 10.5 Å². The SMILES string of the molecule is C=C(N)/C=C\C(=C/C)OCC. The van der Waals surface area contributed by atoms with Crippen molar-refractivity contribution in [1.82, 2.24) is 0 Å². The maximum Gasteiger partial charge on any atom is 0.115 e. The van der Waals surface area contributed by atoms with E-state index in [4.69, 9.17) is 10.5 Å². The average Bonchev–Trinajstić information content (AvgIpc) is 1.97. The summed E-state index contributed by atoms with van der Waals surface area (Å²) in [5.41, 5.74) is 5.86. The number of hydrogen-bond donors (Lipinski definition) is 1. The topological polar surface area (TPSA) is 35.2 Å². The molecule has 0 rings (SSSR count). The molecule has 2 N–H and O–H groups in total. The van der Waals surface area contributed by atoms with E-state index in [-0.39, 0.29) is 0 Å². The second kappa shape index (κ2) is 5.59. The quantitative estimate of drug-likeness (QED) is 0.495. The van der Waals surface area contributed by atoms with Gasteiger partial charge in [-0.2, -0.15) is 0 Å². The van der Waals surface area contributed by atoms with Gasteiger partial charge in [-0.1, -0.05) is 6.58 Å². The van der Waals surface area contributed by atoms with Gasteiger partial charge in [0.05, 0.1) is 6.61 Å². The summed E-state index contributed by atoms with van der Waals surface area (Å²) < 4.78 is 5.22. The van der Waals surface area contributed by atoms with Crippen molar-refractivity contribution in [2.24, 2.45) is 5.73 Å². The van der Waals surface area contributed by atoms with Crippen molar-refractivity contribution in [3.63, 3.8) is 0 Å². The van der Waals surface area contributed by atoms with E-state index in [1.165, 1.54) is 0 Å². The fourth-order valence-electron chi connectivity index (χ4n) is 0.584. The second-order valence-electron chi connectivity index (χ2n) is 2.03. The van der Waals surface area contributed by atoms with E-state index >= 15 is 0 Å². The van der Waals surface area contributed by atoms with E-state index in [0.717, 1.165) is 5.76 Å². The van der Waals surface area contributed by atoms with Crippen molar-refractivity contribution in [2.75, 3.05) is 6.61 Å². The minimum Gasteiger partial charge on any atom is -0.494 e. The third-order valence-electron chi connectivity index (χ3n) is 1.06. The number of hydrogen-bond acceptors (Lipinski definition) is 2. The van der Waals surface area contributed by atoms with Crippen molar-refractivity contribution in [3.05, 3.63) is 36.3 Å². The summed E-state index contributed by atoms with van der Waals surface area (Å²) in [6, 6.07) is 0. The van der Waals surface area contributed by atoms with E-state index in [2.05, 4.69) is 6.58 Å². The molecule has 0 radical (unpaired) electrons. The van der Waals surface area contributed by atoms with E-state index in [0.29, 0.717) is 12.3 Å². The normalized spacial score (nSPS) is 12.0. The molecule has 2 heteroatoms. The van der Waals surface area contributed by atoms with Crippen molar-refractivity contribution < 1.29 is 4.74 Å². The number of rotatable bonds is 4. The minimum absolute atomic E-state index is 0.532. The minimum atomic E-state index is 0.532. The summed E-state index contributed by atoms with van der Waals surface area (Å²) in [5.74, 6) is 0.819. The van der Waals surface area contributed by atoms with Crippen molar-refractivity contribution in [2.45, 2.75) is 13.8 Å². The Bertz CT molecular complexity index is 180. The van der Waals surface area contributed by atoms with Crippen LogP contribution >= 0.6 is 0 Å². The van der Waals surface area contributed by atoms with Gasteiger partial charge in [0.1, 0.15) is 5.76 Å². The zero-order valence-electron chi connectivity index (χ0n) is 7.13. The van der Waals surface area contributed by atoms with Gasteiger partial charge in [0.25, 0.3) is 0 Å². The van der Waals surface area contributed by atoms with Crippen LogP contribution in [-0.4, -0.2) is 6.61 Å². The van der Waals surface area contributed by atoms with Gasteiger partial charge in [-0.3, -0.25) is 0 Å². The fraction of sp³-hybridized carbons (Fsp3) is 0.333. The van der Waals surface area contributed by atoms with Crippen LogP contribution in [0.3, 0.4) is 0 Å². The highest BCUT2D eigenvalue weighted by molar-refractivity contribution is 5.20. The maximum absolute atomic E-state index is 5.33. The van der Waals surface area contributed by atoms with Gasteiger partial charge in [0.2, 0.25) is 0 Å². The lowest BCUT2D eigenvalue weighted by atomic mass is 10.3. The molecular weight excluding hydrogens is 138 g/mol. The molecule has 0 aromatic carbocycles. The van der Waals surface area contributed by atoms with Gasteiger partial charge in [-0.25, -0.2) is 0 Å². The van der Waals surface area contributed by atoms with E-state index in [1.54, 1.807) is 12.2 Å². The standard InChI is InChI=1S/C9H15NO/c1-4-9(11-5-2)7-6-8(3)10/h4,6-7H,3,5,10H2,1-2H3/b7-6-,9-4+. The molecular formula is C9H15NO. The number of allylic oxidation sites excluding steroid dienone is 3. The Kier molecular flexibility index (Phi) is 4.99. The highest BCUT2D eigenvalue weighted by atomic mass is 16.5. The lowest BCUT2D eigenvalue weighted by molar-refractivity contribution is 0.242. The lowest BCUT2D eigenvalue weighted by Crippen LogP contribution is -1.91. The fourth-order valence-corrected chi connectivity index (χ4v) is 0.584. The molecule has 0 aliphatic rings. The van der Waals surface area contributed by atoms with E-state index < -0.39 is 0 Å². The highest BCUT2D eigenvalue weighted by Gasteiger charge is 1.86. The first-order valence-corrected chi connectivity index (χ1v) is 3.62. The Hall–Kier alpha value is -1.18. The lowest BCUT2D eigenvalue weighted by Gasteiger charge is -2.01. The maximum atomic E-state index is 5.33. The zero-order chi connectivity index (χ0) is 8.69. The largest absolute Gasteiger partial charge is 0.494 e. The van der Waals surface area contributed by atoms with Gasteiger partial charge in [-0.15, -0.1) is 0 Å². The predicted octanol–water partition coefficient (Wildman–Crippen LogP) is 1.96. The Morgan fingerprint density at radius 1 is 1.55 bits per heavy atom. The molecule has 0 saturated heterocycles. The highest BCUT2D eigenvalue weighted by Crippen LogP contribution is 1.99. The van der Waals surface area contributed by atoms with Crippen molar-refractivity contribution in [3.8, 4) is 0 Å². The first kappa shape index (κ1) is 9.82. The summed E-state index contributed by atoms with van der Waals surface area (Å²) in [6.07, 6.45) is 5.39. The van der Waals surface area contributed by atoms with Crippen LogP contribution < -0.4 is 5.73 Å². The van der Waals surface area contributed by atoms with Crippen LogP contribution in [0.25, 0.3) is 0 Å². The van der Waals surface area contributed by atoms with E-state index in [9.17, 15) is 0 Å². The van der Waals surface area contributed by atoms with Gasteiger partial charge in [0.15, 0.2) is 0 Å². The third-order valence-corrected chi connectivity index (χ3v) is 1.06. The molecule has 0 aromatic heterocycles. The van der Waals surface area contributed by atoms with Gasteiger partial charge in [-0.05, 0) is 32.1 Å². The summed E-state index contributed by atoms with van der Waals surface area (Å²) >= 11 is 0. The van der Waals surface area contributed by atoms with Crippen LogP contribution in [0.1, 0.15) is 13.8 Å². The first-order valence-electron chi connectivity index (χ1n) is 3.62. The van der Waals surface area contributed by atoms with Crippen LogP contribution in [0.5, 0.6) is 0 Å². The molecule has 0 spiro atoms. The molecule has 0 unspecified atom stereocenters. The molecule has 0 aliphatic heterocycles. The molecule has 0 saturated carbocycles. The molecule has 2 nitrogen and oxygen atoms in total. The monoisotopic (exact) mass is 153 g/mol. The molecule has 11 heavy (non-hydrogen) atoms. The number of nitrogens with two attached hydrogens (primary N) is 1. The second-order valence-corrected chi connectivity index (χ2v) is 2.03. The van der Waals surface area contributed by atoms with Crippen LogP contribution in [-0.2, 0) is 4.74 Å². The first-order chi connectivity index (χ1) is 5.20. The van der Waals surface area contributed by atoms with Gasteiger partial charge >= 0.3 is 0 Å². The molecule has 0 heterocycles. The summed E-state index contributed by atoms with van der Waals surface area (Å²) in [4.78, 5) is 0. The molecule has 0 aliphatic carbocycles. The van der Waals surface area contributed by atoms with Gasteiger partial charge in [0, 0.05) is 5.70 Å². The van der Waals surface area contributed by atoms with E-state index in [1.807, 2.05) is 19.9 Å². The molecule has 0 aromatic rings. The molecule has 0 fully saturated rings. The Morgan fingerprint density at radius 2 is 2.18 bits per heavy atom. The summed E-state index contributed by atoms with van der Waals surface area (Å²) in [6.45, 7) is 8.05. The zero-order valence-corrected chi connectivity index (χ0v) is 7.13. The summed E-state index contributed by atoms with van der Waals surface area (Å²) in [7, 11) is 0. The van der Waals surface area contributed by atoms with Crippen LogP contribution in [0.4, 0.5) is 0 Å². The average molecular weight is 153 g/mol. The number of ether oxygens (including phenoxy) is 1. The molecule has 0 bridgehead atoms. The third kappa shape index (κ3) is 5.27. The molecule has 0 amide bonds. The molecule has 0 atom stereocenters.